The van der Waals surface area contributed by atoms with Gasteiger partial charge in [0.25, 0.3) is 0 Å². The SMILES string of the molecule is COc1ccc2c(c1)C(c1ccc(Cl)cc1)=NC(CC(=O)C(C)C)c1nnc(C)n1-2. The molecular weight excluding hydrogens is 400 g/mol. The maximum atomic E-state index is 12.6. The molecule has 154 valence electrons. The maximum absolute atomic E-state index is 12.6. The van der Waals surface area contributed by atoms with Crippen LogP contribution in [0.1, 0.15) is 49.1 Å². The Morgan fingerprint density at radius 3 is 2.57 bits per heavy atom. The molecule has 30 heavy (non-hydrogen) atoms. The smallest absolute Gasteiger partial charge is 0.162 e. The van der Waals surface area contributed by atoms with Gasteiger partial charge in [0, 0.05) is 28.5 Å². The molecule has 3 aromatic rings. The van der Waals surface area contributed by atoms with E-state index in [2.05, 4.69) is 10.2 Å². The van der Waals surface area contributed by atoms with Crippen molar-refractivity contribution in [3.8, 4) is 11.4 Å². The highest BCUT2D eigenvalue weighted by Crippen LogP contribution is 2.34. The van der Waals surface area contributed by atoms with Gasteiger partial charge in [-0.25, -0.2) is 0 Å². The van der Waals surface area contributed by atoms with Gasteiger partial charge in [-0.05, 0) is 37.3 Å². The van der Waals surface area contributed by atoms with Crippen LogP contribution >= 0.6 is 11.6 Å². The van der Waals surface area contributed by atoms with E-state index in [0.29, 0.717) is 10.8 Å². The van der Waals surface area contributed by atoms with Crippen LogP contribution in [0, 0.1) is 12.8 Å². The zero-order valence-corrected chi connectivity index (χ0v) is 18.1. The molecule has 0 fully saturated rings. The molecule has 0 spiro atoms. The lowest BCUT2D eigenvalue weighted by Crippen LogP contribution is -2.14. The first-order chi connectivity index (χ1) is 14.4. The maximum Gasteiger partial charge on any atom is 0.162 e. The molecule has 1 aliphatic heterocycles. The van der Waals surface area contributed by atoms with Crippen LogP contribution in [0.15, 0.2) is 47.5 Å². The number of ether oxygens (including phenoxy) is 1. The molecule has 0 saturated heterocycles. The quantitative estimate of drug-likeness (QED) is 0.595. The van der Waals surface area contributed by atoms with Gasteiger partial charge in [0.2, 0.25) is 0 Å². The molecule has 1 aromatic heterocycles. The Hall–Kier alpha value is -2.99. The van der Waals surface area contributed by atoms with Gasteiger partial charge < -0.3 is 4.74 Å². The molecule has 0 radical (unpaired) electrons. The summed E-state index contributed by atoms with van der Waals surface area (Å²) in [5, 5.41) is 9.32. The summed E-state index contributed by atoms with van der Waals surface area (Å²) in [6.45, 7) is 5.70. The molecule has 7 heteroatoms. The number of fused-ring (bicyclic) bond motifs is 3. The Morgan fingerprint density at radius 2 is 1.90 bits per heavy atom. The van der Waals surface area contributed by atoms with Crippen LogP contribution in [0.3, 0.4) is 0 Å². The summed E-state index contributed by atoms with van der Waals surface area (Å²) < 4.78 is 7.46. The fraction of sp³-hybridized carbons (Fsp3) is 0.304. The fourth-order valence-corrected chi connectivity index (χ4v) is 3.73. The van der Waals surface area contributed by atoms with E-state index in [1.54, 1.807) is 7.11 Å². The van der Waals surface area contributed by atoms with E-state index < -0.39 is 6.04 Å². The number of halogens is 1. The average molecular weight is 423 g/mol. The van der Waals surface area contributed by atoms with Crippen molar-refractivity contribution in [2.75, 3.05) is 7.11 Å². The van der Waals surface area contributed by atoms with Gasteiger partial charge in [0.1, 0.15) is 23.4 Å². The second-order valence-electron chi connectivity index (χ2n) is 7.65. The third kappa shape index (κ3) is 3.63. The molecular formula is C23H23ClN4O2. The molecule has 0 bridgehead atoms. The van der Waals surface area contributed by atoms with Crippen LogP contribution in [0.5, 0.6) is 5.75 Å². The molecule has 2 heterocycles. The number of Topliss-reactive ketones (excluding diaryl/α,β-unsaturated/α-hetero) is 1. The second-order valence-corrected chi connectivity index (χ2v) is 8.09. The number of carbonyl (C=O) groups excluding carboxylic acids is 1. The van der Waals surface area contributed by atoms with Crippen molar-refractivity contribution in [3.05, 3.63) is 70.3 Å². The van der Waals surface area contributed by atoms with Crippen molar-refractivity contribution in [2.24, 2.45) is 10.9 Å². The fourth-order valence-electron chi connectivity index (χ4n) is 3.60. The van der Waals surface area contributed by atoms with Crippen LogP contribution < -0.4 is 4.74 Å². The summed E-state index contributed by atoms with van der Waals surface area (Å²) in [6.07, 6.45) is 0.262. The van der Waals surface area contributed by atoms with Crippen LogP contribution in [0.2, 0.25) is 5.02 Å². The highest BCUT2D eigenvalue weighted by molar-refractivity contribution is 6.30. The highest BCUT2D eigenvalue weighted by atomic mass is 35.5. The number of methoxy groups -OCH3 is 1. The van der Waals surface area contributed by atoms with E-state index >= 15 is 0 Å². The van der Waals surface area contributed by atoms with E-state index in [1.165, 1.54) is 0 Å². The van der Waals surface area contributed by atoms with Crippen molar-refractivity contribution in [1.29, 1.82) is 0 Å². The first kappa shape index (κ1) is 20.3. The van der Waals surface area contributed by atoms with Gasteiger partial charge in [0.05, 0.1) is 18.5 Å². The predicted octanol–water partition coefficient (Wildman–Crippen LogP) is 4.75. The number of aryl methyl sites for hydroxylation is 1. The number of rotatable bonds is 5. The van der Waals surface area contributed by atoms with Gasteiger partial charge in [0.15, 0.2) is 5.82 Å². The van der Waals surface area contributed by atoms with E-state index in [1.807, 2.05) is 67.8 Å². The molecule has 2 aromatic carbocycles. The summed E-state index contributed by atoms with van der Waals surface area (Å²) in [6, 6.07) is 12.9. The predicted molar refractivity (Wildman–Crippen MR) is 117 cm³/mol. The zero-order valence-electron chi connectivity index (χ0n) is 17.4. The average Bonchev–Trinajstić information content (AvgIpc) is 3.06. The number of hydrogen-bond donors (Lipinski definition) is 0. The highest BCUT2D eigenvalue weighted by Gasteiger charge is 2.30. The molecule has 0 aliphatic carbocycles. The second kappa shape index (κ2) is 8.03. The Kier molecular flexibility index (Phi) is 5.43. The molecule has 6 nitrogen and oxygen atoms in total. The number of benzene rings is 2. The topological polar surface area (TPSA) is 69.4 Å². The molecule has 1 unspecified atom stereocenters. The van der Waals surface area contributed by atoms with Gasteiger partial charge in [-0.3, -0.25) is 14.4 Å². The number of aromatic nitrogens is 3. The normalized spacial score (nSPS) is 15.3. The minimum Gasteiger partial charge on any atom is -0.497 e. The van der Waals surface area contributed by atoms with Crippen LogP contribution in [0.25, 0.3) is 5.69 Å². The third-order valence-electron chi connectivity index (χ3n) is 5.29. The number of hydrogen-bond acceptors (Lipinski definition) is 5. The van der Waals surface area contributed by atoms with Gasteiger partial charge >= 0.3 is 0 Å². The molecule has 1 atom stereocenters. The molecule has 1 aliphatic rings. The lowest BCUT2D eigenvalue weighted by Gasteiger charge is -2.14. The summed E-state index contributed by atoms with van der Waals surface area (Å²) in [4.78, 5) is 17.7. The van der Waals surface area contributed by atoms with Crippen molar-refractivity contribution < 1.29 is 9.53 Å². The summed E-state index contributed by atoms with van der Waals surface area (Å²) in [5.74, 6) is 2.18. The van der Waals surface area contributed by atoms with Crippen LogP contribution in [-0.2, 0) is 4.79 Å². The first-order valence-corrected chi connectivity index (χ1v) is 10.2. The third-order valence-corrected chi connectivity index (χ3v) is 5.54. The van der Waals surface area contributed by atoms with Crippen molar-refractivity contribution in [1.82, 2.24) is 14.8 Å². The molecule has 0 amide bonds. The summed E-state index contributed by atoms with van der Waals surface area (Å²) >= 11 is 6.11. The van der Waals surface area contributed by atoms with Crippen LogP contribution in [-0.4, -0.2) is 33.4 Å². The summed E-state index contributed by atoms with van der Waals surface area (Å²) in [7, 11) is 1.64. The number of carbonyl (C=O) groups is 1. The number of ketones is 1. The first-order valence-electron chi connectivity index (χ1n) is 9.86. The lowest BCUT2D eigenvalue weighted by molar-refractivity contribution is -0.122. The number of aliphatic imine (C=N–C) groups is 1. The van der Waals surface area contributed by atoms with Gasteiger partial charge in [-0.2, -0.15) is 0 Å². The van der Waals surface area contributed by atoms with Gasteiger partial charge in [-0.15, -0.1) is 10.2 Å². The van der Waals surface area contributed by atoms with Gasteiger partial charge in [-0.1, -0.05) is 37.6 Å². The Morgan fingerprint density at radius 1 is 1.17 bits per heavy atom. The standard InChI is InChI=1S/C23H23ClN4O2/c1-13(2)21(29)12-19-23-27-26-14(3)28(23)20-10-9-17(30-4)11-18(20)22(25-19)15-5-7-16(24)8-6-15/h5-11,13,19H,12H2,1-4H3. The molecule has 4 rings (SSSR count). The van der Waals surface area contributed by atoms with Crippen molar-refractivity contribution in [2.45, 2.75) is 33.2 Å². The zero-order chi connectivity index (χ0) is 21.4. The Bertz CT molecular complexity index is 1130. The van der Waals surface area contributed by atoms with Crippen molar-refractivity contribution >= 4 is 23.1 Å². The lowest BCUT2D eigenvalue weighted by atomic mass is 9.99. The minimum atomic E-state index is -0.440. The minimum absolute atomic E-state index is 0.0811. The van der Waals surface area contributed by atoms with Crippen LogP contribution in [0.4, 0.5) is 0 Å². The Balaban J connectivity index is 1.98. The molecule has 0 saturated carbocycles. The number of nitrogens with zero attached hydrogens (tertiary/aromatic N) is 4. The van der Waals surface area contributed by atoms with E-state index in [9.17, 15) is 4.79 Å². The summed E-state index contributed by atoms with van der Waals surface area (Å²) in [5.41, 5.74) is 3.47. The Labute approximate surface area is 180 Å². The van der Waals surface area contributed by atoms with E-state index in [4.69, 9.17) is 21.3 Å². The van der Waals surface area contributed by atoms with E-state index in [-0.39, 0.29) is 18.1 Å². The van der Waals surface area contributed by atoms with E-state index in [0.717, 1.165) is 34.1 Å². The molecule has 0 N–H and O–H groups in total. The largest absolute Gasteiger partial charge is 0.497 e. The van der Waals surface area contributed by atoms with Crippen molar-refractivity contribution in [3.63, 3.8) is 0 Å². The monoisotopic (exact) mass is 422 g/mol.